The van der Waals surface area contributed by atoms with Gasteiger partial charge in [-0.3, -0.25) is 4.98 Å². The van der Waals surface area contributed by atoms with Crippen molar-refractivity contribution in [1.82, 2.24) is 4.98 Å². The van der Waals surface area contributed by atoms with Crippen LogP contribution in [0, 0.1) is 11.3 Å². The Hall–Kier alpha value is -2.15. The Kier molecular flexibility index (Phi) is 3.39. The van der Waals surface area contributed by atoms with Gasteiger partial charge in [-0.05, 0) is 18.2 Å². The maximum atomic E-state index is 11.0. The topological polar surface area (TPSA) is 63.0 Å². The maximum Gasteiger partial charge on any atom is 0.339 e. The second-order valence-corrected chi connectivity index (χ2v) is 2.43. The molecule has 0 unspecified atom stereocenters. The Balaban J connectivity index is 2.85. The first-order valence-corrected chi connectivity index (χ1v) is 3.88. The molecule has 70 valence electrons. The SMILES string of the molecule is COC(=O)c1ccc(C=CC#N)nc1. The van der Waals surface area contributed by atoms with E-state index in [1.54, 1.807) is 18.2 Å². The van der Waals surface area contributed by atoms with Gasteiger partial charge in [0.25, 0.3) is 0 Å². The monoisotopic (exact) mass is 188 g/mol. The van der Waals surface area contributed by atoms with Gasteiger partial charge in [-0.25, -0.2) is 4.79 Å². The fourth-order valence-electron chi connectivity index (χ4n) is 0.865. The van der Waals surface area contributed by atoms with Crippen LogP contribution in [-0.4, -0.2) is 18.1 Å². The van der Waals surface area contributed by atoms with E-state index in [1.165, 1.54) is 19.4 Å². The van der Waals surface area contributed by atoms with Crippen LogP contribution in [-0.2, 0) is 4.74 Å². The van der Waals surface area contributed by atoms with Gasteiger partial charge in [0.15, 0.2) is 0 Å². The van der Waals surface area contributed by atoms with Gasteiger partial charge in [0, 0.05) is 12.3 Å². The van der Waals surface area contributed by atoms with E-state index in [9.17, 15) is 4.79 Å². The number of methoxy groups -OCH3 is 1. The van der Waals surface area contributed by atoms with Gasteiger partial charge in [-0.1, -0.05) is 0 Å². The number of allylic oxidation sites excluding steroid dienone is 1. The van der Waals surface area contributed by atoms with Crippen LogP contribution in [0.3, 0.4) is 0 Å². The Morgan fingerprint density at radius 2 is 2.43 bits per heavy atom. The quantitative estimate of drug-likeness (QED) is 0.520. The molecule has 0 aliphatic heterocycles. The number of carbonyl (C=O) groups is 1. The van der Waals surface area contributed by atoms with Crippen molar-refractivity contribution in [3.63, 3.8) is 0 Å². The first-order valence-electron chi connectivity index (χ1n) is 3.88. The van der Waals surface area contributed by atoms with Crippen LogP contribution in [0.2, 0.25) is 0 Å². The lowest BCUT2D eigenvalue weighted by molar-refractivity contribution is 0.0600. The largest absolute Gasteiger partial charge is 0.465 e. The molecule has 0 amide bonds. The summed E-state index contributed by atoms with van der Waals surface area (Å²) < 4.78 is 4.51. The van der Waals surface area contributed by atoms with E-state index >= 15 is 0 Å². The molecule has 4 heteroatoms. The molecular weight excluding hydrogens is 180 g/mol. The smallest absolute Gasteiger partial charge is 0.339 e. The number of hydrogen-bond donors (Lipinski definition) is 0. The van der Waals surface area contributed by atoms with Gasteiger partial charge in [-0.15, -0.1) is 0 Å². The van der Waals surface area contributed by atoms with E-state index in [2.05, 4.69) is 9.72 Å². The van der Waals surface area contributed by atoms with Gasteiger partial charge in [-0.2, -0.15) is 5.26 Å². The van der Waals surface area contributed by atoms with Gasteiger partial charge in [0.05, 0.1) is 24.4 Å². The molecule has 0 atom stereocenters. The zero-order chi connectivity index (χ0) is 10.4. The molecule has 0 aliphatic carbocycles. The molecule has 1 aromatic heterocycles. The van der Waals surface area contributed by atoms with Gasteiger partial charge >= 0.3 is 5.97 Å². The Bertz CT molecular complexity index is 388. The summed E-state index contributed by atoms with van der Waals surface area (Å²) in [6.07, 6.45) is 4.28. The molecule has 1 aromatic rings. The molecule has 4 nitrogen and oxygen atoms in total. The highest BCUT2D eigenvalue weighted by molar-refractivity contribution is 5.88. The minimum absolute atomic E-state index is 0.390. The zero-order valence-electron chi connectivity index (χ0n) is 7.60. The molecule has 0 N–H and O–H groups in total. The summed E-state index contributed by atoms with van der Waals surface area (Å²) in [4.78, 5) is 15.0. The van der Waals surface area contributed by atoms with Crippen LogP contribution in [0.15, 0.2) is 24.4 Å². The summed E-state index contributed by atoms with van der Waals surface area (Å²) in [6, 6.07) is 5.08. The average molecular weight is 188 g/mol. The second-order valence-electron chi connectivity index (χ2n) is 2.43. The summed E-state index contributed by atoms with van der Waals surface area (Å²) in [7, 11) is 1.31. The first-order chi connectivity index (χ1) is 6.77. The fourth-order valence-corrected chi connectivity index (χ4v) is 0.865. The lowest BCUT2D eigenvalue weighted by atomic mass is 10.2. The third kappa shape index (κ3) is 2.42. The summed E-state index contributed by atoms with van der Waals surface area (Å²) in [5.41, 5.74) is 1.01. The molecule has 0 fully saturated rings. The summed E-state index contributed by atoms with van der Waals surface area (Å²) in [5.74, 6) is -0.423. The van der Waals surface area contributed by atoms with E-state index < -0.39 is 5.97 Å². The molecule has 0 bridgehead atoms. The van der Waals surface area contributed by atoms with Crippen molar-refractivity contribution in [3.05, 3.63) is 35.7 Å². The number of aromatic nitrogens is 1. The second kappa shape index (κ2) is 4.77. The minimum Gasteiger partial charge on any atom is -0.465 e. The van der Waals surface area contributed by atoms with Crippen molar-refractivity contribution < 1.29 is 9.53 Å². The number of nitriles is 1. The summed E-state index contributed by atoms with van der Waals surface area (Å²) in [6.45, 7) is 0. The van der Waals surface area contributed by atoms with Crippen LogP contribution in [0.5, 0.6) is 0 Å². The van der Waals surface area contributed by atoms with Gasteiger partial charge in [0.2, 0.25) is 0 Å². The number of ether oxygens (including phenoxy) is 1. The summed E-state index contributed by atoms with van der Waals surface area (Å²) >= 11 is 0. The normalized spacial score (nSPS) is 9.71. The van der Waals surface area contributed by atoms with Crippen molar-refractivity contribution in [2.24, 2.45) is 0 Å². The van der Waals surface area contributed by atoms with Gasteiger partial charge < -0.3 is 4.74 Å². The summed E-state index contributed by atoms with van der Waals surface area (Å²) in [5, 5.41) is 8.27. The lowest BCUT2D eigenvalue weighted by Gasteiger charge is -1.97. The Labute approximate surface area is 81.5 Å². The zero-order valence-corrected chi connectivity index (χ0v) is 7.60. The number of hydrogen-bond acceptors (Lipinski definition) is 4. The fraction of sp³-hybridized carbons (Fsp3) is 0.100. The molecule has 0 radical (unpaired) electrons. The van der Waals surface area contributed by atoms with E-state index in [0.717, 1.165) is 0 Å². The third-order valence-corrected chi connectivity index (χ3v) is 1.54. The molecule has 0 aromatic carbocycles. The predicted octanol–water partition coefficient (Wildman–Crippen LogP) is 1.40. The van der Waals surface area contributed by atoms with Crippen molar-refractivity contribution >= 4 is 12.0 Å². The van der Waals surface area contributed by atoms with Crippen LogP contribution in [0.4, 0.5) is 0 Å². The van der Waals surface area contributed by atoms with E-state index in [0.29, 0.717) is 11.3 Å². The first kappa shape index (κ1) is 9.93. The van der Waals surface area contributed by atoms with E-state index in [-0.39, 0.29) is 0 Å². The highest BCUT2D eigenvalue weighted by Crippen LogP contribution is 2.03. The molecule has 0 saturated heterocycles. The third-order valence-electron chi connectivity index (χ3n) is 1.54. The Morgan fingerprint density at radius 3 is 2.93 bits per heavy atom. The number of rotatable bonds is 2. The lowest BCUT2D eigenvalue weighted by Crippen LogP contribution is -2.01. The number of esters is 1. The molecule has 0 saturated carbocycles. The van der Waals surface area contributed by atoms with E-state index in [1.807, 2.05) is 6.07 Å². The molecule has 1 rings (SSSR count). The van der Waals surface area contributed by atoms with Crippen molar-refractivity contribution in [3.8, 4) is 6.07 Å². The van der Waals surface area contributed by atoms with Crippen LogP contribution in [0.1, 0.15) is 16.1 Å². The molecule has 14 heavy (non-hydrogen) atoms. The minimum atomic E-state index is -0.423. The molecule has 0 spiro atoms. The number of pyridine rings is 1. The van der Waals surface area contributed by atoms with Crippen LogP contribution >= 0.6 is 0 Å². The highest BCUT2D eigenvalue weighted by Gasteiger charge is 2.03. The number of carbonyl (C=O) groups excluding carboxylic acids is 1. The number of nitrogens with zero attached hydrogens (tertiary/aromatic N) is 2. The maximum absolute atomic E-state index is 11.0. The van der Waals surface area contributed by atoms with Crippen LogP contribution < -0.4 is 0 Å². The van der Waals surface area contributed by atoms with Gasteiger partial charge in [0.1, 0.15) is 0 Å². The van der Waals surface area contributed by atoms with Crippen molar-refractivity contribution in [1.29, 1.82) is 5.26 Å². The average Bonchev–Trinajstić information content (AvgIpc) is 2.26. The van der Waals surface area contributed by atoms with Crippen LogP contribution in [0.25, 0.3) is 6.08 Å². The Morgan fingerprint density at radius 1 is 1.64 bits per heavy atom. The molecule has 1 heterocycles. The van der Waals surface area contributed by atoms with Crippen molar-refractivity contribution in [2.75, 3.05) is 7.11 Å². The molecular formula is C10H8N2O2. The van der Waals surface area contributed by atoms with Crippen molar-refractivity contribution in [2.45, 2.75) is 0 Å². The molecule has 0 aliphatic rings. The van der Waals surface area contributed by atoms with E-state index in [4.69, 9.17) is 5.26 Å². The highest BCUT2D eigenvalue weighted by atomic mass is 16.5. The standard InChI is InChI=1S/C10H8N2O2/c1-14-10(13)8-4-5-9(12-7-8)3-2-6-11/h2-5,7H,1H3. The predicted molar refractivity (Wildman–Crippen MR) is 50.2 cm³/mol.